The zero-order valence-corrected chi connectivity index (χ0v) is 38.6. The fourth-order valence-corrected chi connectivity index (χ4v) is 9.39. The molecule has 29 atom stereocenters. The smallest absolute Gasteiger partial charge is 0.250 e. The summed E-state index contributed by atoms with van der Waals surface area (Å²) in [6.07, 6.45) is -30.0. The predicted octanol–water partition coefficient (Wildman–Crippen LogP) is -14.2. The van der Waals surface area contributed by atoms with Gasteiger partial charge in [-0.05, 0) is 26.8 Å². The molecule has 6 aliphatic rings. The Labute approximate surface area is 401 Å². The monoisotopic (exact) mass is 1020 g/mol. The van der Waals surface area contributed by atoms with Gasteiger partial charge in [0.2, 0.25) is 5.91 Å². The van der Waals surface area contributed by atoms with Crippen molar-refractivity contribution in [3.8, 4) is 0 Å². The number of rotatable bonds is 15. The largest absolute Gasteiger partial charge is 0.394 e. The van der Waals surface area contributed by atoms with Gasteiger partial charge in [0.05, 0.1) is 37.4 Å². The van der Waals surface area contributed by atoms with Crippen molar-refractivity contribution in [2.45, 2.75) is 197 Å². The van der Waals surface area contributed by atoms with Gasteiger partial charge in [0.25, 0.3) is 0 Å². The van der Waals surface area contributed by atoms with E-state index in [1.165, 1.54) is 14.0 Å². The van der Waals surface area contributed by atoms with E-state index in [1.807, 2.05) is 0 Å². The van der Waals surface area contributed by atoms with Crippen LogP contribution in [0, 0.1) is 0 Å². The number of nitrogens with two attached hydrogens (primary N) is 7. The molecule has 2 aliphatic carbocycles. The molecule has 31 heteroatoms. The van der Waals surface area contributed by atoms with E-state index in [4.69, 9.17) is 78.0 Å². The SMILES string of the molecule is CN[C@@H]1[C@@H](O)[C@@H](O[C@@H]2[C@@H](O)[C@H](O[C@H]3O[C@H](CN)[C@@H](O)[C@H](O)[C@H]3O)[C@@H](N)C[C@H]2NC(=O)C(O)CN)OC[C@]1(C)O.NC[C@H]1O[C@H](O[C@H]2[C@H](O[C@@H]3O[C@H](CO)[C@@H](O)[C@H]3O)C(O)[C@H](N)C[C@@H]2N)[C@H](N)[C@@H](O)[C@@H]1O. The zero-order valence-electron chi connectivity index (χ0n) is 38.6. The van der Waals surface area contributed by atoms with Crippen molar-refractivity contribution < 1.29 is 109 Å². The first-order valence-corrected chi connectivity index (χ1v) is 23.0. The van der Waals surface area contributed by atoms with Crippen molar-refractivity contribution >= 4 is 5.91 Å². The minimum Gasteiger partial charge on any atom is -0.394 e. The maximum absolute atomic E-state index is 12.4. The lowest BCUT2D eigenvalue weighted by atomic mass is 9.83. The Morgan fingerprint density at radius 2 is 1.11 bits per heavy atom. The summed E-state index contributed by atoms with van der Waals surface area (Å²) in [4.78, 5) is 12.4. The Balaban J connectivity index is 0.000000267. The zero-order chi connectivity index (χ0) is 52.3. The second-order valence-corrected chi connectivity index (χ2v) is 18.8. The highest BCUT2D eigenvalue weighted by molar-refractivity contribution is 5.81. The van der Waals surface area contributed by atoms with Crippen molar-refractivity contribution in [1.82, 2.24) is 10.6 Å². The average Bonchev–Trinajstić information content (AvgIpc) is 3.60. The molecule has 0 aromatic heterocycles. The van der Waals surface area contributed by atoms with E-state index in [2.05, 4.69) is 10.6 Å². The van der Waals surface area contributed by atoms with Crippen molar-refractivity contribution in [1.29, 1.82) is 0 Å². The molecule has 31 nitrogen and oxygen atoms in total. The highest BCUT2D eigenvalue weighted by Gasteiger charge is 2.55. The van der Waals surface area contributed by atoms with Gasteiger partial charge in [0.1, 0.15) is 109 Å². The molecule has 4 heterocycles. The van der Waals surface area contributed by atoms with Crippen LogP contribution in [-0.2, 0) is 42.7 Å². The standard InChI is InChI=1S/C22H43N5O12.C17H34N4O10/c1-22(35)6-36-20(15(33)18(22)26-2)39-17-8(27-19(34)9(28)4-23)3-7(25)16(14(17)32)38-21-13(31)12(30)11(29)10(5-24)37-21;18-2-6-10(24)12(26)8(21)16(28-6)30-14-5(20)1-4(19)9(23)15(14)31-17-13(27)11(25)7(3-22)29-17/h7-18,20-21,26,28-33,35H,3-6,23-25H2,1-2H3,(H,27,34);4-17,22-27H,1-3,18-21H2/t7-,8+,9?,10+,11+,12-,13+,14-,15+,16+,17-,18+,20+,21+,22-;4-,5+,6-,7-,8-,9?,10-,11-,12-,13-,14-,15-,16-,17+/m01/s1. The predicted molar refractivity (Wildman–Crippen MR) is 232 cm³/mol. The van der Waals surface area contributed by atoms with Crippen LogP contribution in [0.4, 0.5) is 0 Å². The van der Waals surface area contributed by atoms with Gasteiger partial charge >= 0.3 is 0 Å². The van der Waals surface area contributed by atoms with Gasteiger partial charge in [-0.1, -0.05) is 0 Å². The third-order valence-corrected chi connectivity index (χ3v) is 13.6. The number of aliphatic hydroxyl groups excluding tert-OH is 12. The van der Waals surface area contributed by atoms with Crippen molar-refractivity contribution in [2.24, 2.45) is 40.1 Å². The molecule has 0 radical (unpaired) electrons. The molecule has 0 bridgehead atoms. The first-order valence-electron chi connectivity index (χ1n) is 23.0. The fourth-order valence-electron chi connectivity index (χ4n) is 9.39. The van der Waals surface area contributed by atoms with Gasteiger partial charge < -0.3 is 155 Å². The van der Waals surface area contributed by atoms with Gasteiger partial charge in [-0.15, -0.1) is 0 Å². The maximum Gasteiger partial charge on any atom is 0.250 e. The van der Waals surface area contributed by atoms with Crippen LogP contribution < -0.4 is 50.8 Å². The summed E-state index contributed by atoms with van der Waals surface area (Å²) in [7, 11) is 1.52. The normalized spacial score (nSPS) is 50.5. The lowest BCUT2D eigenvalue weighted by Crippen LogP contribution is -2.70. The topological polar surface area (TPSA) is 560 Å². The molecular formula is C39H77N9O22. The summed E-state index contributed by atoms with van der Waals surface area (Å²) in [6, 6.07) is -5.63. The molecule has 0 spiro atoms. The molecule has 1 amide bonds. The minimum atomic E-state index is -1.72. The Bertz CT molecular complexity index is 1630. The van der Waals surface area contributed by atoms with E-state index < -0.39 is 189 Å². The van der Waals surface area contributed by atoms with Gasteiger partial charge in [0, 0.05) is 37.8 Å². The van der Waals surface area contributed by atoms with Crippen LogP contribution >= 0.6 is 0 Å². The van der Waals surface area contributed by atoms with E-state index in [-0.39, 0.29) is 39.1 Å². The van der Waals surface area contributed by atoms with Crippen LogP contribution in [0.1, 0.15) is 19.8 Å². The molecule has 4 aliphatic heterocycles. The summed E-state index contributed by atoms with van der Waals surface area (Å²) >= 11 is 0. The minimum absolute atomic E-state index is 0.0836. The third-order valence-electron chi connectivity index (χ3n) is 13.6. The van der Waals surface area contributed by atoms with E-state index in [9.17, 15) is 71.2 Å². The highest BCUT2D eigenvalue weighted by atomic mass is 16.7. The number of hydrogen-bond donors (Lipinski definition) is 22. The molecule has 4 saturated heterocycles. The van der Waals surface area contributed by atoms with Crippen molar-refractivity contribution in [3.05, 3.63) is 0 Å². The molecule has 410 valence electrons. The van der Waals surface area contributed by atoms with Gasteiger partial charge in [0.15, 0.2) is 25.2 Å². The average molecular weight is 1020 g/mol. The number of ether oxygens (including phenoxy) is 8. The Morgan fingerprint density at radius 1 is 0.614 bits per heavy atom. The van der Waals surface area contributed by atoms with E-state index in [1.54, 1.807) is 0 Å². The van der Waals surface area contributed by atoms with Gasteiger partial charge in [-0.2, -0.15) is 0 Å². The van der Waals surface area contributed by atoms with E-state index in [0.717, 1.165) is 0 Å². The number of amides is 1. The molecule has 70 heavy (non-hydrogen) atoms. The number of aliphatic hydroxyl groups is 13. The first kappa shape index (κ1) is 59.2. The first-order chi connectivity index (χ1) is 32.9. The van der Waals surface area contributed by atoms with Crippen LogP contribution in [0.3, 0.4) is 0 Å². The lowest BCUT2D eigenvalue weighted by molar-refractivity contribution is -0.330. The van der Waals surface area contributed by atoms with Crippen LogP contribution in [0.5, 0.6) is 0 Å². The second kappa shape index (κ2) is 25.2. The number of likely N-dealkylation sites (N-methyl/N-ethyl adjacent to an activating group) is 1. The van der Waals surface area contributed by atoms with E-state index in [0.29, 0.717) is 0 Å². The van der Waals surface area contributed by atoms with Gasteiger partial charge in [-0.25, -0.2) is 0 Å². The number of hydrogen-bond acceptors (Lipinski definition) is 30. The van der Waals surface area contributed by atoms with Crippen LogP contribution in [0.25, 0.3) is 0 Å². The van der Waals surface area contributed by atoms with Crippen LogP contribution in [-0.4, -0.2) is 289 Å². The Morgan fingerprint density at radius 3 is 1.67 bits per heavy atom. The second-order valence-electron chi connectivity index (χ2n) is 18.8. The molecule has 2 saturated carbocycles. The summed E-state index contributed by atoms with van der Waals surface area (Å²) in [5.74, 6) is -0.857. The molecule has 0 aromatic rings. The third kappa shape index (κ3) is 12.9. The Hall–Kier alpha value is -1.69. The Kier molecular flexibility index (Phi) is 21.3. The molecule has 6 fully saturated rings. The van der Waals surface area contributed by atoms with Crippen molar-refractivity contribution in [3.63, 3.8) is 0 Å². The quantitative estimate of drug-likeness (QED) is 0.0724. The number of carbonyl (C=O) groups excluding carboxylic acids is 1. The summed E-state index contributed by atoms with van der Waals surface area (Å²) in [5.41, 5.74) is 39.4. The fraction of sp³-hybridized carbons (Fsp3) is 0.974. The van der Waals surface area contributed by atoms with Crippen molar-refractivity contribution in [2.75, 3.05) is 39.9 Å². The lowest BCUT2D eigenvalue weighted by Gasteiger charge is -2.49. The molecule has 29 N–H and O–H groups in total. The molecular weight excluding hydrogens is 946 g/mol. The maximum atomic E-state index is 12.4. The van der Waals surface area contributed by atoms with E-state index >= 15 is 0 Å². The molecule has 2 unspecified atom stereocenters. The number of nitrogens with one attached hydrogen (secondary N) is 2. The highest BCUT2D eigenvalue weighted by Crippen LogP contribution is 2.34. The van der Waals surface area contributed by atoms with Gasteiger partial charge in [-0.3, -0.25) is 4.79 Å². The summed E-state index contributed by atoms with van der Waals surface area (Å²) in [5, 5.41) is 139. The summed E-state index contributed by atoms with van der Waals surface area (Å²) < 4.78 is 45.2. The number of carbonyl (C=O) groups is 1. The molecule has 0 aromatic carbocycles. The summed E-state index contributed by atoms with van der Waals surface area (Å²) in [6.45, 7) is -0.0397. The van der Waals surface area contributed by atoms with Crippen LogP contribution in [0.15, 0.2) is 0 Å². The van der Waals surface area contributed by atoms with Crippen LogP contribution in [0.2, 0.25) is 0 Å². The molecule has 6 rings (SSSR count).